The molecular weight excluding hydrogens is 252 g/mol. The molecule has 124 valence electrons. The maximum Gasteiger partial charge on any atom is -0.0205 e. The van der Waals surface area contributed by atoms with Gasteiger partial charge in [0.05, 0.1) is 0 Å². The molecule has 21 heavy (non-hydrogen) atoms. The van der Waals surface area contributed by atoms with Crippen LogP contribution in [-0.4, -0.2) is 0 Å². The van der Waals surface area contributed by atoms with Crippen LogP contribution in [0.3, 0.4) is 0 Å². The average molecular weight is 293 g/mol. The fourth-order valence-corrected chi connectivity index (χ4v) is 6.85. The highest BCUT2D eigenvalue weighted by Crippen LogP contribution is 2.78. The van der Waals surface area contributed by atoms with Gasteiger partial charge in [0.1, 0.15) is 0 Å². The average Bonchev–Trinajstić information content (AvgIpc) is 2.95. The van der Waals surface area contributed by atoms with Crippen molar-refractivity contribution in [3.63, 3.8) is 0 Å². The normalized spacial score (nSPS) is 47.1. The highest BCUT2D eigenvalue weighted by atomic mass is 14.8. The molecule has 0 aromatic rings. The summed E-state index contributed by atoms with van der Waals surface area (Å²) in [6.45, 7) is 20.2. The molecule has 2 saturated carbocycles. The molecule has 0 spiro atoms. The number of rotatable bonds is 5. The third-order valence-electron chi connectivity index (χ3n) is 9.02. The van der Waals surface area contributed by atoms with Gasteiger partial charge < -0.3 is 0 Å². The van der Waals surface area contributed by atoms with Crippen LogP contribution in [0.15, 0.2) is 0 Å². The zero-order chi connectivity index (χ0) is 16.1. The summed E-state index contributed by atoms with van der Waals surface area (Å²) in [5.74, 6) is 3.76. The molecule has 0 aromatic carbocycles. The Morgan fingerprint density at radius 2 is 1.62 bits per heavy atom. The summed E-state index contributed by atoms with van der Waals surface area (Å²) in [6, 6.07) is 0. The van der Waals surface area contributed by atoms with E-state index in [9.17, 15) is 0 Å². The Morgan fingerprint density at radius 1 is 1.00 bits per heavy atom. The van der Waals surface area contributed by atoms with Crippen molar-refractivity contribution in [1.29, 1.82) is 0 Å². The lowest BCUT2D eigenvalue weighted by Crippen LogP contribution is -2.71. The van der Waals surface area contributed by atoms with Crippen molar-refractivity contribution in [2.75, 3.05) is 0 Å². The monoisotopic (exact) mass is 292 g/mol. The van der Waals surface area contributed by atoms with Crippen LogP contribution in [0.25, 0.3) is 0 Å². The highest BCUT2D eigenvalue weighted by molar-refractivity contribution is 5.20. The van der Waals surface area contributed by atoms with Gasteiger partial charge >= 0.3 is 0 Å². The largest absolute Gasteiger partial charge is 0.0651 e. The molecule has 6 unspecified atom stereocenters. The first-order valence-electron chi connectivity index (χ1n) is 9.70. The molecule has 2 rings (SSSR count). The first-order chi connectivity index (χ1) is 9.70. The Morgan fingerprint density at radius 3 is 2.05 bits per heavy atom. The smallest absolute Gasteiger partial charge is 0.0205 e. The fraction of sp³-hybridized carbons (Fsp3) is 1.00. The quantitative estimate of drug-likeness (QED) is 0.515. The molecule has 0 heterocycles. The van der Waals surface area contributed by atoms with Gasteiger partial charge in [0.15, 0.2) is 0 Å². The van der Waals surface area contributed by atoms with Gasteiger partial charge in [-0.1, -0.05) is 74.7 Å². The summed E-state index contributed by atoms with van der Waals surface area (Å²) >= 11 is 0. The third-order valence-corrected chi connectivity index (χ3v) is 9.02. The second kappa shape index (κ2) is 5.57. The van der Waals surface area contributed by atoms with Gasteiger partial charge in [-0.25, -0.2) is 0 Å². The number of hydrogen-bond acceptors (Lipinski definition) is 0. The van der Waals surface area contributed by atoms with Gasteiger partial charge in [-0.2, -0.15) is 0 Å². The van der Waals surface area contributed by atoms with Crippen molar-refractivity contribution in [2.24, 2.45) is 39.9 Å². The molecule has 0 bridgehead atoms. The number of hydrogen-bond donors (Lipinski definition) is 0. The van der Waals surface area contributed by atoms with Gasteiger partial charge in [-0.05, 0) is 59.2 Å². The predicted octanol–water partition coefficient (Wildman–Crippen LogP) is 6.94. The topological polar surface area (TPSA) is 0 Å². The predicted molar refractivity (Wildman–Crippen MR) is 94.4 cm³/mol. The molecule has 2 fully saturated rings. The second-order valence-corrected chi connectivity index (χ2v) is 9.33. The summed E-state index contributed by atoms with van der Waals surface area (Å²) in [7, 11) is 0. The van der Waals surface area contributed by atoms with E-state index in [0.29, 0.717) is 16.2 Å². The van der Waals surface area contributed by atoms with Crippen LogP contribution in [0.4, 0.5) is 0 Å². The maximum absolute atomic E-state index is 2.67. The van der Waals surface area contributed by atoms with Gasteiger partial charge in [0, 0.05) is 0 Å². The molecule has 0 saturated heterocycles. The first kappa shape index (κ1) is 17.4. The molecule has 0 aliphatic heterocycles. The lowest BCUT2D eigenvalue weighted by atomic mass is 9.28. The minimum absolute atomic E-state index is 0.482. The van der Waals surface area contributed by atoms with Crippen LogP contribution in [0.1, 0.15) is 93.9 Å². The van der Waals surface area contributed by atoms with Gasteiger partial charge in [0.25, 0.3) is 0 Å². The lowest BCUT2D eigenvalue weighted by Gasteiger charge is -2.76. The van der Waals surface area contributed by atoms with Crippen molar-refractivity contribution in [1.82, 2.24) is 0 Å². The SMILES string of the molecule is CCC1CCC(C2(C)C(C(C)CC)C(C)(CC)C2(C)C)C1. The minimum Gasteiger partial charge on any atom is -0.0651 e. The van der Waals surface area contributed by atoms with Crippen LogP contribution < -0.4 is 0 Å². The molecule has 0 radical (unpaired) electrons. The summed E-state index contributed by atoms with van der Waals surface area (Å²) in [5, 5.41) is 0. The minimum atomic E-state index is 0.482. The van der Waals surface area contributed by atoms with E-state index < -0.39 is 0 Å². The summed E-state index contributed by atoms with van der Waals surface area (Å²) in [4.78, 5) is 0. The van der Waals surface area contributed by atoms with Crippen LogP contribution in [0.2, 0.25) is 0 Å². The standard InChI is InChI=1S/C21H40/c1-9-15(4)18-20(7,11-3)19(5,6)21(18,8)17-13-12-16(10-2)14-17/h15-18H,9-14H2,1-8H3. The van der Waals surface area contributed by atoms with Crippen LogP contribution in [0.5, 0.6) is 0 Å². The van der Waals surface area contributed by atoms with Crippen molar-refractivity contribution < 1.29 is 0 Å². The summed E-state index contributed by atoms with van der Waals surface area (Å²) in [5.41, 5.74) is 1.56. The van der Waals surface area contributed by atoms with Gasteiger partial charge in [0.2, 0.25) is 0 Å². The lowest BCUT2D eigenvalue weighted by molar-refractivity contribution is -0.289. The fourth-order valence-electron chi connectivity index (χ4n) is 6.85. The first-order valence-corrected chi connectivity index (χ1v) is 9.70. The summed E-state index contributed by atoms with van der Waals surface area (Å²) in [6.07, 6.45) is 8.56. The van der Waals surface area contributed by atoms with Crippen molar-refractivity contribution in [2.45, 2.75) is 93.9 Å². The van der Waals surface area contributed by atoms with Crippen molar-refractivity contribution >= 4 is 0 Å². The van der Waals surface area contributed by atoms with E-state index in [0.717, 1.165) is 23.7 Å². The molecule has 0 amide bonds. The van der Waals surface area contributed by atoms with Crippen molar-refractivity contribution in [3.8, 4) is 0 Å². The molecule has 6 atom stereocenters. The van der Waals surface area contributed by atoms with E-state index in [1.165, 1.54) is 38.5 Å². The Labute approximate surface area is 134 Å². The van der Waals surface area contributed by atoms with Crippen LogP contribution in [0, 0.1) is 39.9 Å². The van der Waals surface area contributed by atoms with Crippen molar-refractivity contribution in [3.05, 3.63) is 0 Å². The zero-order valence-corrected chi connectivity index (χ0v) is 16.1. The molecule has 0 aromatic heterocycles. The van der Waals surface area contributed by atoms with Crippen LogP contribution >= 0.6 is 0 Å². The molecule has 2 aliphatic carbocycles. The Kier molecular flexibility index (Phi) is 4.60. The molecular formula is C21H40. The van der Waals surface area contributed by atoms with E-state index in [-0.39, 0.29) is 0 Å². The zero-order valence-electron chi connectivity index (χ0n) is 16.1. The molecule has 2 aliphatic rings. The third kappa shape index (κ3) is 2.07. The Hall–Kier alpha value is 0. The van der Waals surface area contributed by atoms with E-state index in [2.05, 4.69) is 55.4 Å². The van der Waals surface area contributed by atoms with E-state index in [1.54, 1.807) is 0 Å². The Bertz CT molecular complexity index is 368. The van der Waals surface area contributed by atoms with Gasteiger partial charge in [-0.15, -0.1) is 0 Å². The van der Waals surface area contributed by atoms with E-state index >= 15 is 0 Å². The maximum atomic E-state index is 2.67. The molecule has 0 nitrogen and oxygen atoms in total. The molecule has 0 N–H and O–H groups in total. The molecule has 0 heteroatoms. The summed E-state index contributed by atoms with van der Waals surface area (Å²) < 4.78 is 0. The van der Waals surface area contributed by atoms with E-state index in [1.807, 2.05) is 0 Å². The Balaban J connectivity index is 2.35. The highest BCUT2D eigenvalue weighted by Gasteiger charge is 2.72. The van der Waals surface area contributed by atoms with E-state index in [4.69, 9.17) is 0 Å². The second-order valence-electron chi connectivity index (χ2n) is 9.33. The van der Waals surface area contributed by atoms with Gasteiger partial charge in [-0.3, -0.25) is 0 Å². The van der Waals surface area contributed by atoms with Crippen LogP contribution in [-0.2, 0) is 0 Å².